The van der Waals surface area contributed by atoms with Gasteiger partial charge in [0.25, 0.3) is 11.8 Å². The van der Waals surface area contributed by atoms with E-state index in [1.165, 1.54) is 6.21 Å². The number of esters is 1. The number of hydrazone groups is 1. The predicted octanol–water partition coefficient (Wildman–Crippen LogP) is 3.44. The van der Waals surface area contributed by atoms with Crippen LogP contribution in [-0.4, -0.2) is 30.5 Å². The highest BCUT2D eigenvalue weighted by Crippen LogP contribution is 2.18. The SMILES string of the molecule is O=C(CNC(=O)c1ccccc1)NN=Cc1ccc(OC(=O)c2ccccc2Cl)cc1. The van der Waals surface area contributed by atoms with Crippen LogP contribution in [0.25, 0.3) is 0 Å². The van der Waals surface area contributed by atoms with Gasteiger partial charge in [-0.15, -0.1) is 0 Å². The van der Waals surface area contributed by atoms with E-state index in [9.17, 15) is 14.4 Å². The molecule has 2 amide bonds. The maximum atomic E-state index is 12.2. The van der Waals surface area contributed by atoms with Crippen molar-refractivity contribution in [1.82, 2.24) is 10.7 Å². The van der Waals surface area contributed by atoms with Gasteiger partial charge in [0.1, 0.15) is 5.75 Å². The number of halogens is 1. The summed E-state index contributed by atoms with van der Waals surface area (Å²) in [6, 6.07) is 21.7. The second kappa shape index (κ2) is 10.7. The Balaban J connectivity index is 1.46. The third-order valence-electron chi connectivity index (χ3n) is 4.03. The number of benzene rings is 3. The van der Waals surface area contributed by atoms with E-state index in [0.717, 1.165) is 0 Å². The summed E-state index contributed by atoms with van der Waals surface area (Å²) in [7, 11) is 0. The zero-order valence-electron chi connectivity index (χ0n) is 16.2. The van der Waals surface area contributed by atoms with Crippen molar-refractivity contribution in [2.75, 3.05) is 6.54 Å². The van der Waals surface area contributed by atoms with Crippen LogP contribution in [0.3, 0.4) is 0 Å². The number of carbonyl (C=O) groups is 3. The monoisotopic (exact) mass is 435 g/mol. The molecule has 0 bridgehead atoms. The van der Waals surface area contributed by atoms with Gasteiger partial charge in [0.2, 0.25) is 0 Å². The van der Waals surface area contributed by atoms with Crippen LogP contribution in [0.4, 0.5) is 0 Å². The number of amides is 2. The van der Waals surface area contributed by atoms with Crippen molar-refractivity contribution in [3.8, 4) is 5.75 Å². The lowest BCUT2D eigenvalue weighted by atomic mass is 10.2. The van der Waals surface area contributed by atoms with Crippen LogP contribution in [0.2, 0.25) is 5.02 Å². The van der Waals surface area contributed by atoms with E-state index in [1.54, 1.807) is 78.9 Å². The van der Waals surface area contributed by atoms with Gasteiger partial charge in [0.15, 0.2) is 0 Å². The fourth-order valence-electron chi connectivity index (χ4n) is 2.48. The van der Waals surface area contributed by atoms with E-state index in [4.69, 9.17) is 16.3 Å². The van der Waals surface area contributed by atoms with Gasteiger partial charge in [-0.2, -0.15) is 5.10 Å². The van der Waals surface area contributed by atoms with Crippen molar-refractivity contribution in [2.24, 2.45) is 5.10 Å². The molecule has 0 aliphatic rings. The van der Waals surface area contributed by atoms with Gasteiger partial charge in [-0.05, 0) is 54.1 Å². The molecule has 2 N–H and O–H groups in total. The molecule has 0 atom stereocenters. The third-order valence-corrected chi connectivity index (χ3v) is 4.36. The first kappa shape index (κ1) is 21.7. The van der Waals surface area contributed by atoms with E-state index >= 15 is 0 Å². The van der Waals surface area contributed by atoms with E-state index in [0.29, 0.717) is 21.9 Å². The van der Waals surface area contributed by atoms with Gasteiger partial charge >= 0.3 is 5.97 Å². The summed E-state index contributed by atoms with van der Waals surface area (Å²) >= 11 is 5.99. The molecule has 0 aliphatic carbocycles. The Kier molecular flexibility index (Phi) is 7.50. The van der Waals surface area contributed by atoms with E-state index in [-0.39, 0.29) is 18.0 Å². The molecule has 3 rings (SSSR count). The second-order valence-electron chi connectivity index (χ2n) is 6.28. The molecule has 3 aromatic rings. The Morgan fingerprint density at radius 3 is 2.29 bits per heavy atom. The number of nitrogens with one attached hydrogen (secondary N) is 2. The number of carbonyl (C=O) groups excluding carboxylic acids is 3. The van der Waals surface area contributed by atoms with Crippen LogP contribution >= 0.6 is 11.6 Å². The maximum absolute atomic E-state index is 12.2. The molecule has 0 saturated heterocycles. The van der Waals surface area contributed by atoms with Gasteiger partial charge in [-0.25, -0.2) is 10.2 Å². The molecule has 0 spiro atoms. The molecule has 0 radical (unpaired) electrons. The molecule has 156 valence electrons. The van der Waals surface area contributed by atoms with Crippen molar-refractivity contribution < 1.29 is 19.1 Å². The Morgan fingerprint density at radius 2 is 1.58 bits per heavy atom. The first-order valence-corrected chi connectivity index (χ1v) is 9.62. The predicted molar refractivity (Wildman–Crippen MR) is 117 cm³/mol. The topological polar surface area (TPSA) is 96.9 Å². The lowest BCUT2D eigenvalue weighted by Crippen LogP contribution is -2.34. The van der Waals surface area contributed by atoms with E-state index < -0.39 is 11.9 Å². The summed E-state index contributed by atoms with van der Waals surface area (Å²) in [6.45, 7) is -0.206. The van der Waals surface area contributed by atoms with Crippen LogP contribution in [0, 0.1) is 0 Å². The molecule has 0 heterocycles. The third kappa shape index (κ3) is 6.52. The molecule has 31 heavy (non-hydrogen) atoms. The minimum Gasteiger partial charge on any atom is -0.423 e. The van der Waals surface area contributed by atoms with E-state index in [2.05, 4.69) is 15.8 Å². The molecular formula is C23H18ClN3O4. The fraction of sp³-hybridized carbons (Fsp3) is 0.0435. The van der Waals surface area contributed by atoms with Crippen molar-refractivity contribution in [2.45, 2.75) is 0 Å². The normalized spacial score (nSPS) is 10.5. The van der Waals surface area contributed by atoms with Gasteiger partial charge in [0.05, 0.1) is 23.3 Å². The molecule has 0 saturated carbocycles. The minimum absolute atomic E-state index is 0.206. The van der Waals surface area contributed by atoms with Crippen molar-refractivity contribution in [1.29, 1.82) is 0 Å². The van der Waals surface area contributed by atoms with E-state index in [1.807, 2.05) is 0 Å². The number of nitrogens with zero attached hydrogens (tertiary/aromatic N) is 1. The zero-order chi connectivity index (χ0) is 22.1. The Labute approximate surface area is 183 Å². The lowest BCUT2D eigenvalue weighted by molar-refractivity contribution is -0.120. The highest BCUT2D eigenvalue weighted by atomic mass is 35.5. The average Bonchev–Trinajstić information content (AvgIpc) is 2.79. The van der Waals surface area contributed by atoms with Gasteiger partial charge < -0.3 is 10.1 Å². The summed E-state index contributed by atoms with van der Waals surface area (Å²) in [5, 5.41) is 6.66. The maximum Gasteiger partial charge on any atom is 0.345 e. The molecule has 0 unspecified atom stereocenters. The summed E-state index contributed by atoms with van der Waals surface area (Å²) < 4.78 is 5.29. The van der Waals surface area contributed by atoms with Crippen LogP contribution in [0.5, 0.6) is 5.75 Å². The Bertz CT molecular complexity index is 1100. The number of rotatable bonds is 7. The first-order chi connectivity index (χ1) is 15.0. The molecule has 8 heteroatoms. The summed E-state index contributed by atoms with van der Waals surface area (Å²) in [5.74, 6) is -1.03. The van der Waals surface area contributed by atoms with Crippen LogP contribution < -0.4 is 15.5 Å². The van der Waals surface area contributed by atoms with Gasteiger partial charge in [-0.1, -0.05) is 41.9 Å². The Hall–Kier alpha value is -3.97. The van der Waals surface area contributed by atoms with Crippen molar-refractivity contribution >= 4 is 35.6 Å². The molecule has 0 aliphatic heterocycles. The average molecular weight is 436 g/mol. The summed E-state index contributed by atoms with van der Waals surface area (Å²) in [4.78, 5) is 35.8. The van der Waals surface area contributed by atoms with Crippen LogP contribution in [0.1, 0.15) is 26.3 Å². The zero-order valence-corrected chi connectivity index (χ0v) is 17.0. The lowest BCUT2D eigenvalue weighted by Gasteiger charge is -2.06. The number of hydrogen-bond acceptors (Lipinski definition) is 5. The molecule has 0 aromatic heterocycles. The van der Waals surface area contributed by atoms with Crippen molar-refractivity contribution in [3.63, 3.8) is 0 Å². The number of ether oxygens (including phenoxy) is 1. The van der Waals surface area contributed by atoms with Gasteiger partial charge in [0, 0.05) is 5.56 Å². The molecule has 3 aromatic carbocycles. The molecule has 7 nitrogen and oxygen atoms in total. The summed E-state index contributed by atoms with van der Waals surface area (Å²) in [6.07, 6.45) is 1.43. The highest BCUT2D eigenvalue weighted by molar-refractivity contribution is 6.33. The quantitative estimate of drug-likeness (QED) is 0.257. The molecule has 0 fully saturated rings. The molecular weight excluding hydrogens is 418 g/mol. The van der Waals surface area contributed by atoms with Crippen LogP contribution in [-0.2, 0) is 4.79 Å². The largest absolute Gasteiger partial charge is 0.423 e. The number of hydrogen-bond donors (Lipinski definition) is 2. The smallest absolute Gasteiger partial charge is 0.345 e. The fourth-order valence-corrected chi connectivity index (χ4v) is 2.69. The van der Waals surface area contributed by atoms with Crippen LogP contribution in [0.15, 0.2) is 84.0 Å². The standard InChI is InChI=1S/C23H18ClN3O4/c24-20-9-5-4-8-19(20)23(30)31-18-12-10-16(11-13-18)14-26-27-21(28)15-25-22(29)17-6-2-1-3-7-17/h1-14H,15H2,(H,25,29)(H,27,28). The summed E-state index contributed by atoms with van der Waals surface area (Å²) in [5.41, 5.74) is 3.74. The first-order valence-electron chi connectivity index (χ1n) is 9.25. The second-order valence-corrected chi connectivity index (χ2v) is 6.69. The van der Waals surface area contributed by atoms with Crippen molar-refractivity contribution in [3.05, 3.63) is 101 Å². The highest BCUT2D eigenvalue weighted by Gasteiger charge is 2.12. The minimum atomic E-state index is -0.558. The van der Waals surface area contributed by atoms with Gasteiger partial charge in [-0.3, -0.25) is 9.59 Å². The Morgan fingerprint density at radius 1 is 0.903 bits per heavy atom.